The first-order chi connectivity index (χ1) is 17.2. The predicted molar refractivity (Wildman–Crippen MR) is 141 cm³/mol. The zero-order valence-electron chi connectivity index (χ0n) is 21.7. The number of rotatable bonds is 7. The first kappa shape index (κ1) is 25.7. The number of benzene rings is 2. The van der Waals surface area contributed by atoms with Crippen molar-refractivity contribution in [3.8, 4) is 5.75 Å². The molecule has 1 aliphatic heterocycles. The van der Waals surface area contributed by atoms with Crippen LogP contribution >= 0.6 is 0 Å². The summed E-state index contributed by atoms with van der Waals surface area (Å²) in [5.74, 6) is -0.0113. The highest BCUT2D eigenvalue weighted by Gasteiger charge is 2.34. The Balaban J connectivity index is 1.67. The molecule has 0 unspecified atom stereocenters. The van der Waals surface area contributed by atoms with Gasteiger partial charge in [-0.25, -0.2) is 0 Å². The SMILES string of the molecule is C[C@H](CO)N1C[C@H](C)[C@@H](CN(C)C)Oc2c(NC(=O)Cc3cn(C)c4ccccc34)cccc2C1=O. The number of aliphatic hydroxyl groups is 1. The molecular formula is C28H36N4O4. The molecule has 2 aromatic carbocycles. The number of carbonyl (C=O) groups is 2. The van der Waals surface area contributed by atoms with Gasteiger partial charge in [0.2, 0.25) is 5.91 Å². The molecule has 192 valence electrons. The normalized spacial score (nSPS) is 19.0. The molecule has 0 aliphatic carbocycles. The Labute approximate surface area is 212 Å². The van der Waals surface area contributed by atoms with Crippen molar-refractivity contribution in [1.82, 2.24) is 14.4 Å². The molecule has 8 nitrogen and oxygen atoms in total. The molecule has 0 saturated carbocycles. The van der Waals surface area contributed by atoms with Gasteiger partial charge >= 0.3 is 0 Å². The predicted octanol–water partition coefficient (Wildman–Crippen LogP) is 3.14. The second-order valence-corrected chi connectivity index (χ2v) is 10.1. The van der Waals surface area contributed by atoms with E-state index in [0.29, 0.717) is 30.1 Å². The summed E-state index contributed by atoms with van der Waals surface area (Å²) in [6, 6.07) is 12.9. The number of hydrogen-bond acceptors (Lipinski definition) is 5. The summed E-state index contributed by atoms with van der Waals surface area (Å²) in [4.78, 5) is 30.5. The zero-order valence-corrected chi connectivity index (χ0v) is 21.7. The van der Waals surface area contributed by atoms with E-state index in [4.69, 9.17) is 4.74 Å². The highest BCUT2D eigenvalue weighted by atomic mass is 16.5. The van der Waals surface area contributed by atoms with E-state index < -0.39 is 0 Å². The summed E-state index contributed by atoms with van der Waals surface area (Å²) in [5, 5.41) is 13.9. The monoisotopic (exact) mass is 492 g/mol. The van der Waals surface area contributed by atoms with Gasteiger partial charge in [0, 0.05) is 43.2 Å². The van der Waals surface area contributed by atoms with Crippen LogP contribution < -0.4 is 10.1 Å². The number of para-hydroxylation sites is 2. The average molecular weight is 493 g/mol. The van der Waals surface area contributed by atoms with Gasteiger partial charge in [-0.2, -0.15) is 0 Å². The molecule has 2 amide bonds. The molecular weight excluding hydrogens is 456 g/mol. The van der Waals surface area contributed by atoms with E-state index in [2.05, 4.69) is 5.32 Å². The lowest BCUT2D eigenvalue weighted by Crippen LogP contribution is -2.49. The van der Waals surface area contributed by atoms with Crippen molar-refractivity contribution in [2.75, 3.05) is 39.1 Å². The maximum atomic E-state index is 13.6. The molecule has 36 heavy (non-hydrogen) atoms. The molecule has 4 rings (SSSR count). The van der Waals surface area contributed by atoms with E-state index in [-0.39, 0.29) is 42.9 Å². The van der Waals surface area contributed by atoms with Gasteiger partial charge < -0.3 is 29.5 Å². The van der Waals surface area contributed by atoms with Crippen LogP contribution in [0.25, 0.3) is 10.9 Å². The quantitative estimate of drug-likeness (QED) is 0.529. The van der Waals surface area contributed by atoms with Crippen LogP contribution in [-0.4, -0.2) is 77.2 Å². The molecule has 3 atom stereocenters. The van der Waals surface area contributed by atoms with E-state index in [9.17, 15) is 14.7 Å². The van der Waals surface area contributed by atoms with Crippen LogP contribution in [-0.2, 0) is 18.3 Å². The van der Waals surface area contributed by atoms with Gasteiger partial charge in [-0.1, -0.05) is 31.2 Å². The van der Waals surface area contributed by atoms with Gasteiger partial charge in [0.1, 0.15) is 6.10 Å². The number of aryl methyl sites for hydroxylation is 1. The number of fused-ring (bicyclic) bond motifs is 2. The van der Waals surface area contributed by atoms with E-state index in [1.54, 1.807) is 23.1 Å². The van der Waals surface area contributed by atoms with Crippen molar-refractivity contribution >= 4 is 28.4 Å². The third-order valence-electron chi connectivity index (χ3n) is 6.84. The lowest BCUT2D eigenvalue weighted by molar-refractivity contribution is -0.115. The highest BCUT2D eigenvalue weighted by Crippen LogP contribution is 2.35. The summed E-state index contributed by atoms with van der Waals surface area (Å²) >= 11 is 0. The molecule has 0 radical (unpaired) electrons. The second-order valence-electron chi connectivity index (χ2n) is 10.1. The smallest absolute Gasteiger partial charge is 0.258 e. The van der Waals surface area contributed by atoms with Gasteiger partial charge in [-0.05, 0) is 44.8 Å². The summed E-state index contributed by atoms with van der Waals surface area (Å²) < 4.78 is 8.49. The fourth-order valence-electron chi connectivity index (χ4n) is 4.85. The standard InChI is InChI=1S/C28H36N4O4/c1-18-14-32(19(2)17-33)28(35)22-10-8-11-23(27(22)36-25(18)16-30(3)4)29-26(34)13-20-15-31(5)24-12-7-6-9-21(20)24/h6-12,15,18-19,25,33H,13-14,16-17H2,1-5H3,(H,29,34)/t18-,19+,25+/m0/s1. The number of aliphatic hydroxyl groups excluding tert-OH is 1. The van der Waals surface area contributed by atoms with E-state index in [0.717, 1.165) is 16.5 Å². The summed E-state index contributed by atoms with van der Waals surface area (Å²) in [7, 11) is 5.92. The molecule has 0 bridgehead atoms. The summed E-state index contributed by atoms with van der Waals surface area (Å²) in [5.41, 5.74) is 2.86. The molecule has 1 aliphatic rings. The third-order valence-corrected chi connectivity index (χ3v) is 6.84. The molecule has 0 fully saturated rings. The number of hydrogen-bond donors (Lipinski definition) is 2. The fourth-order valence-corrected chi connectivity index (χ4v) is 4.85. The average Bonchev–Trinajstić information content (AvgIpc) is 3.16. The Morgan fingerprint density at radius 1 is 1.22 bits per heavy atom. The molecule has 3 aromatic rings. The topological polar surface area (TPSA) is 87.0 Å². The van der Waals surface area contributed by atoms with Crippen LogP contribution in [0.5, 0.6) is 5.75 Å². The number of anilines is 1. The largest absolute Gasteiger partial charge is 0.486 e. The second kappa shape index (κ2) is 10.7. The van der Waals surface area contributed by atoms with Gasteiger partial charge in [0.25, 0.3) is 5.91 Å². The maximum absolute atomic E-state index is 13.6. The van der Waals surface area contributed by atoms with Crippen LogP contribution in [0.4, 0.5) is 5.69 Å². The van der Waals surface area contributed by atoms with E-state index >= 15 is 0 Å². The number of likely N-dealkylation sites (N-methyl/N-ethyl adjacent to an activating group) is 1. The highest BCUT2D eigenvalue weighted by molar-refractivity contribution is 6.02. The van der Waals surface area contributed by atoms with Crippen molar-refractivity contribution in [3.05, 3.63) is 59.8 Å². The van der Waals surface area contributed by atoms with Crippen molar-refractivity contribution in [1.29, 1.82) is 0 Å². The Bertz CT molecular complexity index is 1250. The lowest BCUT2D eigenvalue weighted by Gasteiger charge is -2.38. The van der Waals surface area contributed by atoms with Crippen molar-refractivity contribution in [2.45, 2.75) is 32.4 Å². The minimum Gasteiger partial charge on any atom is -0.486 e. The minimum absolute atomic E-state index is 0.0120. The van der Waals surface area contributed by atoms with Crippen molar-refractivity contribution in [2.24, 2.45) is 13.0 Å². The first-order valence-corrected chi connectivity index (χ1v) is 12.4. The van der Waals surface area contributed by atoms with Crippen molar-refractivity contribution in [3.63, 3.8) is 0 Å². The van der Waals surface area contributed by atoms with Gasteiger partial charge in [0.15, 0.2) is 5.75 Å². The number of amides is 2. The maximum Gasteiger partial charge on any atom is 0.258 e. The molecule has 8 heteroatoms. The molecule has 1 aromatic heterocycles. The fraction of sp³-hybridized carbons (Fsp3) is 0.429. The Morgan fingerprint density at radius 3 is 2.69 bits per heavy atom. The van der Waals surface area contributed by atoms with Crippen LogP contribution in [0.15, 0.2) is 48.7 Å². The number of nitrogens with zero attached hydrogens (tertiary/aromatic N) is 3. The van der Waals surface area contributed by atoms with Gasteiger partial charge in [-0.15, -0.1) is 0 Å². The molecule has 0 spiro atoms. The third kappa shape index (κ3) is 5.24. The number of carbonyl (C=O) groups excluding carboxylic acids is 2. The Morgan fingerprint density at radius 2 is 1.97 bits per heavy atom. The first-order valence-electron chi connectivity index (χ1n) is 12.4. The van der Waals surface area contributed by atoms with Crippen LogP contribution in [0.1, 0.15) is 29.8 Å². The van der Waals surface area contributed by atoms with Crippen LogP contribution in [0, 0.1) is 5.92 Å². The van der Waals surface area contributed by atoms with Gasteiger partial charge in [-0.3, -0.25) is 9.59 Å². The molecule has 2 heterocycles. The molecule has 0 saturated heterocycles. The van der Waals surface area contributed by atoms with E-state index in [1.807, 2.05) is 74.9 Å². The number of nitrogens with one attached hydrogen (secondary N) is 1. The van der Waals surface area contributed by atoms with Gasteiger partial charge in [0.05, 0.1) is 30.3 Å². The Hall–Kier alpha value is -3.36. The zero-order chi connectivity index (χ0) is 26.0. The number of aromatic nitrogens is 1. The van der Waals surface area contributed by atoms with Crippen LogP contribution in [0.2, 0.25) is 0 Å². The Kier molecular flexibility index (Phi) is 7.66. The lowest BCUT2D eigenvalue weighted by atomic mass is 9.99. The van der Waals surface area contributed by atoms with Crippen LogP contribution in [0.3, 0.4) is 0 Å². The summed E-state index contributed by atoms with van der Waals surface area (Å²) in [6.45, 7) is 4.87. The minimum atomic E-state index is -0.337. The molecule has 2 N–H and O–H groups in total. The van der Waals surface area contributed by atoms with Crippen molar-refractivity contribution < 1.29 is 19.4 Å². The van der Waals surface area contributed by atoms with E-state index in [1.165, 1.54) is 0 Å². The number of ether oxygens (including phenoxy) is 1. The summed E-state index contributed by atoms with van der Waals surface area (Å²) in [6.07, 6.45) is 1.96.